The summed E-state index contributed by atoms with van der Waals surface area (Å²) in [6, 6.07) is 8.10. The van der Waals surface area contributed by atoms with Gasteiger partial charge in [0.15, 0.2) is 0 Å². The summed E-state index contributed by atoms with van der Waals surface area (Å²) < 4.78 is 0. The van der Waals surface area contributed by atoms with Crippen LogP contribution in [0, 0.1) is 57.2 Å². The smallest absolute Gasteiger partial charge is 0.128 e. The Labute approximate surface area is 170 Å². The number of nitrogens with zero attached hydrogens (tertiary/aromatic N) is 4. The van der Waals surface area contributed by atoms with Crippen molar-refractivity contribution in [1.82, 2.24) is 0 Å². The number of rotatable bonds is 11. The monoisotopic (exact) mass is 376 g/mol. The lowest BCUT2D eigenvalue weighted by molar-refractivity contribution is 0.282. The maximum atomic E-state index is 9.42. The molecule has 0 bridgehead atoms. The maximum absolute atomic E-state index is 9.42. The first kappa shape index (κ1) is 23.5. The normalized spacial score (nSPS) is 14.6. The summed E-state index contributed by atoms with van der Waals surface area (Å²) in [7, 11) is 0. The van der Waals surface area contributed by atoms with Gasteiger partial charge in [-0.05, 0) is 49.5 Å². The molecule has 28 heavy (non-hydrogen) atoms. The molecule has 4 heteroatoms. The van der Waals surface area contributed by atoms with E-state index in [1.54, 1.807) is 6.08 Å². The number of hydrogen-bond acceptors (Lipinski definition) is 4. The first-order chi connectivity index (χ1) is 13.7. The van der Waals surface area contributed by atoms with Gasteiger partial charge in [0, 0.05) is 0 Å². The Morgan fingerprint density at radius 3 is 2.04 bits per heavy atom. The lowest BCUT2D eigenvalue weighted by Gasteiger charge is -2.29. The zero-order chi connectivity index (χ0) is 20.6. The third-order valence-electron chi connectivity index (χ3n) is 5.77. The van der Waals surface area contributed by atoms with Crippen molar-refractivity contribution in [1.29, 1.82) is 21.0 Å². The predicted octanol–water partition coefficient (Wildman–Crippen LogP) is 6.64. The second kappa shape index (κ2) is 14.5. The highest BCUT2D eigenvalue weighted by Crippen LogP contribution is 2.36. The lowest BCUT2D eigenvalue weighted by Crippen LogP contribution is -2.18. The lowest BCUT2D eigenvalue weighted by atomic mass is 9.75. The van der Waals surface area contributed by atoms with Crippen LogP contribution in [-0.4, -0.2) is 0 Å². The van der Waals surface area contributed by atoms with Gasteiger partial charge < -0.3 is 0 Å². The van der Waals surface area contributed by atoms with Crippen LogP contribution in [0.25, 0.3) is 0 Å². The van der Waals surface area contributed by atoms with Gasteiger partial charge in [0.05, 0.1) is 0 Å². The SMILES string of the molecule is CCCCCCCCC(CC(C=C(C#N)C#N)C1CCCCC1)=C(C#N)C#N. The first-order valence-corrected chi connectivity index (χ1v) is 10.7. The van der Waals surface area contributed by atoms with Crippen LogP contribution in [0.5, 0.6) is 0 Å². The van der Waals surface area contributed by atoms with Crippen LogP contribution >= 0.6 is 0 Å². The molecule has 148 valence electrons. The van der Waals surface area contributed by atoms with Crippen LogP contribution in [0.2, 0.25) is 0 Å². The predicted molar refractivity (Wildman–Crippen MR) is 110 cm³/mol. The molecule has 1 atom stereocenters. The van der Waals surface area contributed by atoms with Crippen molar-refractivity contribution < 1.29 is 0 Å². The molecule has 0 saturated heterocycles. The molecular formula is C24H32N4. The molecule has 0 amide bonds. The maximum Gasteiger partial charge on any atom is 0.128 e. The quantitative estimate of drug-likeness (QED) is 0.298. The van der Waals surface area contributed by atoms with Gasteiger partial charge in [-0.1, -0.05) is 64.4 Å². The molecule has 1 unspecified atom stereocenters. The average Bonchev–Trinajstić information content (AvgIpc) is 2.74. The zero-order valence-electron chi connectivity index (χ0n) is 17.2. The van der Waals surface area contributed by atoms with Crippen LogP contribution in [-0.2, 0) is 0 Å². The van der Waals surface area contributed by atoms with Gasteiger partial charge in [0.1, 0.15) is 35.4 Å². The summed E-state index contributed by atoms with van der Waals surface area (Å²) in [6.45, 7) is 2.20. The highest BCUT2D eigenvalue weighted by atomic mass is 14.3. The molecule has 0 heterocycles. The fraction of sp³-hybridized carbons (Fsp3) is 0.667. The Balaban J connectivity index is 2.93. The van der Waals surface area contributed by atoms with Crippen LogP contribution in [0.3, 0.4) is 0 Å². The molecule has 4 nitrogen and oxygen atoms in total. The topological polar surface area (TPSA) is 95.2 Å². The van der Waals surface area contributed by atoms with Gasteiger partial charge in [-0.2, -0.15) is 21.0 Å². The van der Waals surface area contributed by atoms with Crippen molar-refractivity contribution in [2.75, 3.05) is 0 Å². The largest absolute Gasteiger partial charge is 0.192 e. The van der Waals surface area contributed by atoms with E-state index in [0.29, 0.717) is 12.3 Å². The summed E-state index contributed by atoms with van der Waals surface area (Å²) in [4.78, 5) is 0. The van der Waals surface area contributed by atoms with E-state index >= 15 is 0 Å². The number of hydrogen-bond donors (Lipinski definition) is 0. The highest BCUT2D eigenvalue weighted by Gasteiger charge is 2.24. The molecule has 0 aliphatic heterocycles. The minimum Gasteiger partial charge on any atom is -0.192 e. The molecule has 1 aliphatic rings. The van der Waals surface area contributed by atoms with E-state index in [2.05, 4.69) is 19.1 Å². The Morgan fingerprint density at radius 2 is 1.46 bits per heavy atom. The third-order valence-corrected chi connectivity index (χ3v) is 5.77. The van der Waals surface area contributed by atoms with Crippen LogP contribution < -0.4 is 0 Å². The first-order valence-electron chi connectivity index (χ1n) is 10.7. The van der Waals surface area contributed by atoms with E-state index < -0.39 is 0 Å². The fourth-order valence-corrected chi connectivity index (χ4v) is 4.15. The van der Waals surface area contributed by atoms with E-state index in [-0.39, 0.29) is 17.1 Å². The summed E-state index contributed by atoms with van der Waals surface area (Å²) in [5.41, 5.74) is 1.27. The molecule has 1 saturated carbocycles. The van der Waals surface area contributed by atoms with E-state index in [4.69, 9.17) is 0 Å². The van der Waals surface area contributed by atoms with E-state index in [0.717, 1.165) is 37.7 Å². The Kier molecular flexibility index (Phi) is 12.2. The van der Waals surface area contributed by atoms with Crippen molar-refractivity contribution >= 4 is 0 Å². The molecule has 0 aromatic carbocycles. The Morgan fingerprint density at radius 1 is 0.857 bits per heavy atom. The van der Waals surface area contributed by atoms with Gasteiger partial charge in [0.25, 0.3) is 0 Å². The second-order valence-electron chi connectivity index (χ2n) is 7.79. The molecule has 0 aromatic heterocycles. The number of allylic oxidation sites excluding steroid dienone is 4. The standard InChI is InChI=1S/C24H32N4/c1-2-3-4-5-6-8-13-22(24(18-27)19-28)15-23(14-20(16-25)17-26)21-11-9-7-10-12-21/h14,21,23H,2-13,15H2,1H3. The molecule has 1 rings (SSSR count). The highest BCUT2D eigenvalue weighted by molar-refractivity contribution is 5.41. The van der Waals surface area contributed by atoms with Crippen molar-refractivity contribution in [3.63, 3.8) is 0 Å². The summed E-state index contributed by atoms with van der Waals surface area (Å²) in [5, 5.41) is 37.2. The molecule has 1 aliphatic carbocycles. The molecule has 1 fully saturated rings. The average molecular weight is 377 g/mol. The van der Waals surface area contributed by atoms with Crippen LogP contribution in [0.4, 0.5) is 0 Å². The van der Waals surface area contributed by atoms with E-state index in [1.807, 2.05) is 12.1 Å². The molecule has 0 radical (unpaired) electrons. The second-order valence-corrected chi connectivity index (χ2v) is 7.79. The minimum atomic E-state index is 0.0568. The summed E-state index contributed by atoms with van der Waals surface area (Å²) in [6.07, 6.45) is 15.9. The molecular weight excluding hydrogens is 344 g/mol. The Hall–Kier alpha value is -2.56. The van der Waals surface area contributed by atoms with Crippen molar-refractivity contribution in [2.45, 2.75) is 90.4 Å². The van der Waals surface area contributed by atoms with Gasteiger partial charge in [0.2, 0.25) is 0 Å². The van der Waals surface area contributed by atoms with Gasteiger partial charge in [-0.15, -0.1) is 0 Å². The molecule has 0 N–H and O–H groups in total. The molecule has 0 spiro atoms. The van der Waals surface area contributed by atoms with E-state index in [1.165, 1.54) is 44.9 Å². The Bertz CT molecular complexity index is 665. The van der Waals surface area contributed by atoms with Gasteiger partial charge >= 0.3 is 0 Å². The van der Waals surface area contributed by atoms with E-state index in [9.17, 15) is 21.0 Å². The summed E-state index contributed by atoms with van der Waals surface area (Å²) >= 11 is 0. The third kappa shape index (κ3) is 8.42. The van der Waals surface area contributed by atoms with Gasteiger partial charge in [-0.3, -0.25) is 0 Å². The van der Waals surface area contributed by atoms with Crippen molar-refractivity contribution in [2.24, 2.45) is 11.8 Å². The van der Waals surface area contributed by atoms with Crippen molar-refractivity contribution in [3.8, 4) is 24.3 Å². The van der Waals surface area contributed by atoms with Gasteiger partial charge in [-0.25, -0.2) is 0 Å². The van der Waals surface area contributed by atoms with Crippen molar-refractivity contribution in [3.05, 3.63) is 22.8 Å². The summed E-state index contributed by atoms with van der Waals surface area (Å²) in [5.74, 6) is 0.477. The van der Waals surface area contributed by atoms with Crippen LogP contribution in [0.15, 0.2) is 22.8 Å². The minimum absolute atomic E-state index is 0.0568. The molecule has 0 aromatic rings. The number of nitriles is 4. The fourth-order valence-electron chi connectivity index (χ4n) is 4.15. The zero-order valence-corrected chi connectivity index (χ0v) is 17.2. The number of unbranched alkanes of at least 4 members (excludes halogenated alkanes) is 5. The van der Waals surface area contributed by atoms with Crippen LogP contribution in [0.1, 0.15) is 90.4 Å².